The highest BCUT2D eigenvalue weighted by Crippen LogP contribution is 2.34. The molecule has 3 nitrogen and oxygen atoms in total. The molecule has 1 aliphatic carbocycles. The molecule has 16 heavy (non-hydrogen) atoms. The molecule has 2 rings (SSSR count). The van der Waals surface area contributed by atoms with Crippen molar-refractivity contribution < 1.29 is 9.53 Å². The van der Waals surface area contributed by atoms with E-state index in [4.69, 9.17) is 4.74 Å². The number of thioether (sulfide) groups is 1. The molecular formula is C12H21NO2S. The highest BCUT2D eigenvalue weighted by molar-refractivity contribution is 8.00. The molecule has 4 heteroatoms. The second kappa shape index (κ2) is 5.92. The van der Waals surface area contributed by atoms with Gasteiger partial charge >= 0.3 is 5.97 Å². The summed E-state index contributed by atoms with van der Waals surface area (Å²) in [7, 11) is 0. The molecule has 0 aromatic rings. The van der Waals surface area contributed by atoms with Gasteiger partial charge in [-0.2, -0.15) is 0 Å². The smallest absolute Gasteiger partial charge is 0.324 e. The number of esters is 1. The van der Waals surface area contributed by atoms with E-state index in [1.54, 1.807) is 0 Å². The molecule has 1 saturated heterocycles. The van der Waals surface area contributed by atoms with Gasteiger partial charge in [0.15, 0.2) is 0 Å². The van der Waals surface area contributed by atoms with Gasteiger partial charge in [0.25, 0.3) is 0 Å². The van der Waals surface area contributed by atoms with Crippen molar-refractivity contribution in [1.29, 1.82) is 0 Å². The third-order valence-corrected chi connectivity index (χ3v) is 4.86. The van der Waals surface area contributed by atoms with Crippen LogP contribution in [0.3, 0.4) is 0 Å². The van der Waals surface area contributed by atoms with Crippen molar-refractivity contribution in [3.63, 3.8) is 0 Å². The molecule has 92 valence electrons. The third kappa shape index (κ3) is 2.92. The van der Waals surface area contributed by atoms with Crippen LogP contribution in [0.2, 0.25) is 0 Å². The first-order chi connectivity index (χ1) is 7.81. The Bertz CT molecular complexity index is 241. The minimum atomic E-state index is -0.0756. The Balaban J connectivity index is 1.80. The molecule has 0 spiro atoms. The van der Waals surface area contributed by atoms with Gasteiger partial charge in [0.05, 0.1) is 12.0 Å². The molecule has 0 unspecified atom stereocenters. The lowest BCUT2D eigenvalue weighted by Gasteiger charge is -2.27. The van der Waals surface area contributed by atoms with E-state index < -0.39 is 0 Å². The maximum absolute atomic E-state index is 11.6. The zero-order valence-electron chi connectivity index (χ0n) is 9.91. The van der Waals surface area contributed by atoms with E-state index in [2.05, 4.69) is 5.32 Å². The monoisotopic (exact) mass is 243 g/mol. The number of hydrogen-bond donors (Lipinski definition) is 1. The molecule has 1 saturated carbocycles. The summed E-state index contributed by atoms with van der Waals surface area (Å²) in [5.74, 6) is 1.56. The van der Waals surface area contributed by atoms with Crippen LogP contribution in [0.1, 0.15) is 39.0 Å². The molecule has 1 aliphatic heterocycles. The number of hydrogen-bond acceptors (Lipinski definition) is 4. The lowest BCUT2D eigenvalue weighted by molar-refractivity contribution is -0.144. The first-order valence-corrected chi connectivity index (χ1v) is 7.40. The van der Waals surface area contributed by atoms with E-state index in [0.717, 1.165) is 11.7 Å². The fraction of sp³-hybridized carbons (Fsp3) is 0.917. The van der Waals surface area contributed by atoms with Crippen molar-refractivity contribution >= 4 is 17.7 Å². The molecule has 0 amide bonds. The lowest BCUT2D eigenvalue weighted by atomic mass is 9.89. The fourth-order valence-electron chi connectivity index (χ4n) is 2.58. The van der Waals surface area contributed by atoms with Crippen LogP contribution >= 0.6 is 11.8 Å². The quantitative estimate of drug-likeness (QED) is 0.771. The Morgan fingerprint density at radius 2 is 2.12 bits per heavy atom. The van der Waals surface area contributed by atoms with Gasteiger partial charge in [-0.15, -0.1) is 11.8 Å². The molecule has 2 aliphatic rings. The van der Waals surface area contributed by atoms with Gasteiger partial charge in [0, 0.05) is 5.75 Å². The minimum absolute atomic E-state index is 0.0723. The van der Waals surface area contributed by atoms with Crippen molar-refractivity contribution in [3.8, 4) is 0 Å². The van der Waals surface area contributed by atoms with Gasteiger partial charge in [-0.3, -0.25) is 10.1 Å². The maximum atomic E-state index is 11.6. The molecular weight excluding hydrogens is 222 g/mol. The Morgan fingerprint density at radius 3 is 2.81 bits per heavy atom. The van der Waals surface area contributed by atoms with E-state index in [1.165, 1.54) is 32.1 Å². The maximum Gasteiger partial charge on any atom is 0.324 e. The standard InChI is InChI=1S/C12H21NO2S/c1-2-15-12(14)10-8-16-11(13-10)9-6-4-3-5-7-9/h9-11,13H,2-8H2,1H3/t10-,11+/m0/s1. The Hall–Kier alpha value is -0.220. The van der Waals surface area contributed by atoms with Gasteiger partial charge in [-0.05, 0) is 25.7 Å². The summed E-state index contributed by atoms with van der Waals surface area (Å²) in [5.41, 5.74) is 0. The molecule has 0 radical (unpaired) electrons. The summed E-state index contributed by atoms with van der Waals surface area (Å²) in [4.78, 5) is 11.6. The predicted molar refractivity (Wildman–Crippen MR) is 66.4 cm³/mol. The van der Waals surface area contributed by atoms with Crippen molar-refractivity contribution in [2.75, 3.05) is 12.4 Å². The van der Waals surface area contributed by atoms with E-state index >= 15 is 0 Å². The van der Waals surface area contributed by atoms with E-state index in [0.29, 0.717) is 12.0 Å². The van der Waals surface area contributed by atoms with Crippen molar-refractivity contribution in [2.24, 2.45) is 5.92 Å². The van der Waals surface area contributed by atoms with Crippen molar-refractivity contribution in [2.45, 2.75) is 50.4 Å². The molecule has 0 aromatic carbocycles. The zero-order chi connectivity index (χ0) is 11.4. The molecule has 2 fully saturated rings. The number of ether oxygens (including phenoxy) is 1. The minimum Gasteiger partial charge on any atom is -0.465 e. The second-order valence-electron chi connectivity index (χ2n) is 4.62. The third-order valence-electron chi connectivity index (χ3n) is 3.46. The van der Waals surface area contributed by atoms with Crippen molar-refractivity contribution in [3.05, 3.63) is 0 Å². The summed E-state index contributed by atoms with van der Waals surface area (Å²) >= 11 is 1.90. The zero-order valence-corrected chi connectivity index (χ0v) is 10.7. The molecule has 1 N–H and O–H groups in total. The molecule has 0 aromatic heterocycles. The van der Waals surface area contributed by atoms with E-state index in [-0.39, 0.29) is 12.0 Å². The van der Waals surface area contributed by atoms with Gasteiger partial charge in [0.2, 0.25) is 0 Å². The highest BCUT2D eigenvalue weighted by Gasteiger charge is 2.35. The fourth-order valence-corrected chi connectivity index (χ4v) is 4.02. The van der Waals surface area contributed by atoms with Crippen LogP contribution in [-0.4, -0.2) is 29.7 Å². The van der Waals surface area contributed by atoms with E-state index in [1.807, 2.05) is 18.7 Å². The van der Waals surface area contributed by atoms with E-state index in [9.17, 15) is 4.79 Å². The normalized spacial score (nSPS) is 31.6. The lowest BCUT2D eigenvalue weighted by Crippen LogP contribution is -2.41. The van der Waals surface area contributed by atoms with Gasteiger partial charge in [-0.1, -0.05) is 19.3 Å². The Labute approximate surface area is 102 Å². The largest absolute Gasteiger partial charge is 0.465 e. The van der Waals surface area contributed by atoms with Gasteiger partial charge < -0.3 is 4.74 Å². The molecule has 2 atom stereocenters. The van der Waals surface area contributed by atoms with Crippen LogP contribution in [-0.2, 0) is 9.53 Å². The van der Waals surface area contributed by atoms with Crippen LogP contribution in [0.15, 0.2) is 0 Å². The van der Waals surface area contributed by atoms with Crippen LogP contribution in [0, 0.1) is 5.92 Å². The summed E-state index contributed by atoms with van der Waals surface area (Å²) in [6.07, 6.45) is 6.73. The Kier molecular flexibility index (Phi) is 4.53. The van der Waals surface area contributed by atoms with Crippen LogP contribution in [0.5, 0.6) is 0 Å². The Morgan fingerprint density at radius 1 is 1.38 bits per heavy atom. The first-order valence-electron chi connectivity index (χ1n) is 6.35. The number of nitrogens with one attached hydrogen (secondary N) is 1. The number of rotatable bonds is 3. The highest BCUT2D eigenvalue weighted by atomic mass is 32.2. The number of carbonyl (C=O) groups excluding carboxylic acids is 1. The van der Waals surface area contributed by atoms with Crippen molar-refractivity contribution in [1.82, 2.24) is 5.32 Å². The second-order valence-corrected chi connectivity index (χ2v) is 5.80. The van der Waals surface area contributed by atoms with Crippen LogP contribution < -0.4 is 5.32 Å². The first kappa shape index (κ1) is 12.2. The SMILES string of the molecule is CCOC(=O)[C@@H]1CS[C@H](C2CCCCC2)N1. The summed E-state index contributed by atoms with van der Waals surface area (Å²) in [5, 5.41) is 3.91. The predicted octanol–water partition coefficient (Wildman–Crippen LogP) is 2.16. The average molecular weight is 243 g/mol. The van der Waals surface area contributed by atoms with Crippen LogP contribution in [0.25, 0.3) is 0 Å². The summed E-state index contributed by atoms with van der Waals surface area (Å²) in [6, 6.07) is -0.0723. The molecule has 1 heterocycles. The number of carbonyl (C=O) groups is 1. The van der Waals surface area contributed by atoms with Crippen LogP contribution in [0.4, 0.5) is 0 Å². The summed E-state index contributed by atoms with van der Waals surface area (Å²) < 4.78 is 5.05. The topological polar surface area (TPSA) is 38.3 Å². The van der Waals surface area contributed by atoms with Gasteiger partial charge in [0.1, 0.15) is 6.04 Å². The summed E-state index contributed by atoms with van der Waals surface area (Å²) in [6.45, 7) is 2.34. The molecule has 0 bridgehead atoms. The van der Waals surface area contributed by atoms with Gasteiger partial charge in [-0.25, -0.2) is 0 Å². The average Bonchev–Trinajstić information content (AvgIpc) is 2.80.